The van der Waals surface area contributed by atoms with E-state index in [-0.39, 0.29) is 21.7 Å². The van der Waals surface area contributed by atoms with Gasteiger partial charge in [-0.3, -0.25) is 14.6 Å². The molecular weight excluding hydrogens is 489 g/mol. The fourth-order valence-corrected chi connectivity index (χ4v) is 4.30. The number of carbonyl (C=O) groups is 1. The van der Waals surface area contributed by atoms with Crippen molar-refractivity contribution in [3.05, 3.63) is 69.5 Å². The third-order valence-electron chi connectivity index (χ3n) is 6.02. The predicted molar refractivity (Wildman–Crippen MR) is 136 cm³/mol. The Morgan fingerprint density at radius 1 is 1.11 bits per heavy atom. The summed E-state index contributed by atoms with van der Waals surface area (Å²) in [7, 11) is 0. The van der Waals surface area contributed by atoms with Gasteiger partial charge in [0, 0.05) is 36.1 Å². The van der Waals surface area contributed by atoms with Crippen molar-refractivity contribution in [1.82, 2.24) is 15.3 Å². The first-order valence-corrected chi connectivity index (χ1v) is 12.0. The Bertz CT molecular complexity index is 1290. The first-order chi connectivity index (χ1) is 17.4. The van der Waals surface area contributed by atoms with E-state index in [9.17, 15) is 24.2 Å². The number of halogens is 2. The van der Waals surface area contributed by atoms with Crippen LogP contribution in [0.25, 0.3) is 11.1 Å². The van der Waals surface area contributed by atoms with Gasteiger partial charge in [0.1, 0.15) is 11.6 Å². The number of rotatable bonds is 8. The van der Waals surface area contributed by atoms with E-state index in [1.54, 1.807) is 12.1 Å². The van der Waals surface area contributed by atoms with Gasteiger partial charge in [-0.1, -0.05) is 11.6 Å². The van der Waals surface area contributed by atoms with Gasteiger partial charge in [0.2, 0.25) is 0 Å². The van der Waals surface area contributed by atoms with Crippen molar-refractivity contribution in [3.8, 4) is 11.1 Å². The smallest absolute Gasteiger partial charge is 0.257 e. The summed E-state index contributed by atoms with van der Waals surface area (Å²) >= 11 is 6.07. The molecule has 1 saturated heterocycles. The highest BCUT2D eigenvalue weighted by Crippen LogP contribution is 2.33. The lowest BCUT2D eigenvalue weighted by molar-refractivity contribution is 0.0880. The Morgan fingerprint density at radius 3 is 2.58 bits per heavy atom. The number of aliphatic hydroxyl groups is 2. The SMILES string of the molecule is O=C(NC(CO)CO)c1cnccc1Nc1cc(-c2cc(Cl)ccc2F)c(=O)[nH]c1N1CCCCC1. The summed E-state index contributed by atoms with van der Waals surface area (Å²) < 4.78 is 14.7. The van der Waals surface area contributed by atoms with E-state index >= 15 is 0 Å². The van der Waals surface area contributed by atoms with Gasteiger partial charge >= 0.3 is 0 Å². The number of piperidine rings is 1. The molecule has 0 aliphatic carbocycles. The number of aromatic nitrogens is 2. The molecule has 4 rings (SSSR count). The Hall–Kier alpha value is -3.47. The number of aromatic amines is 1. The molecule has 11 heteroatoms. The molecule has 0 bridgehead atoms. The van der Waals surface area contributed by atoms with Crippen LogP contribution in [0.4, 0.5) is 21.6 Å². The number of anilines is 3. The maximum absolute atomic E-state index is 14.7. The molecule has 0 atom stereocenters. The molecule has 1 aliphatic rings. The molecule has 0 saturated carbocycles. The van der Waals surface area contributed by atoms with Crippen LogP contribution in [0.5, 0.6) is 0 Å². The van der Waals surface area contributed by atoms with Crippen LogP contribution in [0, 0.1) is 5.82 Å². The van der Waals surface area contributed by atoms with Crippen LogP contribution in [-0.2, 0) is 0 Å². The summed E-state index contributed by atoms with van der Waals surface area (Å²) in [5.74, 6) is -0.619. The van der Waals surface area contributed by atoms with E-state index in [4.69, 9.17) is 11.6 Å². The molecular formula is C25H27ClFN5O4. The lowest BCUT2D eigenvalue weighted by Gasteiger charge is -2.30. The van der Waals surface area contributed by atoms with Crippen LogP contribution in [0.15, 0.2) is 47.5 Å². The average Bonchev–Trinajstić information content (AvgIpc) is 2.90. The predicted octanol–water partition coefficient (Wildman–Crippen LogP) is 3.05. The quantitative estimate of drug-likeness (QED) is 0.311. The number of pyridine rings is 2. The number of amides is 1. The molecule has 0 unspecified atom stereocenters. The van der Waals surface area contributed by atoms with Gasteiger partial charge in [0.15, 0.2) is 0 Å². The maximum Gasteiger partial charge on any atom is 0.257 e. The summed E-state index contributed by atoms with van der Waals surface area (Å²) in [6.45, 7) is 0.597. The van der Waals surface area contributed by atoms with Crippen molar-refractivity contribution in [2.24, 2.45) is 0 Å². The van der Waals surface area contributed by atoms with Gasteiger partial charge in [0.25, 0.3) is 11.5 Å². The number of aliphatic hydroxyl groups excluding tert-OH is 2. The Labute approximate surface area is 212 Å². The minimum absolute atomic E-state index is 0.0541. The van der Waals surface area contributed by atoms with Crippen molar-refractivity contribution >= 4 is 34.7 Å². The molecule has 2 aromatic heterocycles. The van der Waals surface area contributed by atoms with Gasteiger partial charge < -0.3 is 30.7 Å². The number of nitrogens with zero attached hydrogens (tertiary/aromatic N) is 2. The summed E-state index contributed by atoms with van der Waals surface area (Å²) in [4.78, 5) is 34.9. The molecule has 3 aromatic rings. The lowest BCUT2D eigenvalue weighted by atomic mass is 10.0. The highest BCUT2D eigenvalue weighted by atomic mass is 35.5. The van der Waals surface area contributed by atoms with Gasteiger partial charge in [-0.05, 0) is 49.6 Å². The number of carbonyl (C=O) groups excluding carboxylic acids is 1. The van der Waals surface area contributed by atoms with Crippen LogP contribution in [0.1, 0.15) is 29.6 Å². The Kier molecular flexibility index (Phi) is 8.19. The van der Waals surface area contributed by atoms with Crippen LogP contribution >= 0.6 is 11.6 Å². The highest BCUT2D eigenvalue weighted by molar-refractivity contribution is 6.30. The van der Waals surface area contributed by atoms with Crippen LogP contribution < -0.4 is 21.1 Å². The standard InChI is InChI=1S/C25H27ClFN5O4/c26-15-4-5-20(27)17(10-15)18-11-22(23(31-24(18)35)32-8-2-1-3-9-32)30-21-6-7-28-12-19(21)25(36)29-16(13-33)14-34/h4-7,10-12,16,33-34H,1-3,8-9,13-14H2,(H,28,30)(H,29,36)(H,31,35). The van der Waals surface area contributed by atoms with E-state index in [0.29, 0.717) is 17.2 Å². The number of nitrogens with one attached hydrogen (secondary N) is 3. The Morgan fingerprint density at radius 2 is 1.86 bits per heavy atom. The second-order valence-electron chi connectivity index (χ2n) is 8.53. The number of benzene rings is 1. The number of H-pyrrole nitrogens is 1. The van der Waals surface area contributed by atoms with Crippen LogP contribution in [0.2, 0.25) is 5.02 Å². The van der Waals surface area contributed by atoms with Gasteiger partial charge in [0.05, 0.1) is 41.8 Å². The zero-order valence-electron chi connectivity index (χ0n) is 19.4. The lowest BCUT2D eigenvalue weighted by Crippen LogP contribution is -2.40. The highest BCUT2D eigenvalue weighted by Gasteiger charge is 2.22. The number of hydrogen-bond acceptors (Lipinski definition) is 7. The fourth-order valence-electron chi connectivity index (χ4n) is 4.13. The maximum atomic E-state index is 14.7. The van der Waals surface area contributed by atoms with Crippen molar-refractivity contribution in [2.75, 3.05) is 36.5 Å². The molecule has 36 heavy (non-hydrogen) atoms. The number of hydrogen-bond donors (Lipinski definition) is 5. The molecule has 1 aromatic carbocycles. The summed E-state index contributed by atoms with van der Waals surface area (Å²) in [5, 5.41) is 24.7. The molecule has 3 heterocycles. The van der Waals surface area contributed by atoms with E-state index in [1.165, 1.54) is 30.6 Å². The monoisotopic (exact) mass is 515 g/mol. The molecule has 0 spiro atoms. The normalized spacial score (nSPS) is 13.6. The summed E-state index contributed by atoms with van der Waals surface area (Å²) in [6, 6.07) is 6.30. The average molecular weight is 516 g/mol. The minimum Gasteiger partial charge on any atom is -0.394 e. The van der Waals surface area contributed by atoms with Crippen LogP contribution in [0.3, 0.4) is 0 Å². The second kappa shape index (κ2) is 11.5. The summed E-state index contributed by atoms with van der Waals surface area (Å²) in [6.07, 6.45) is 5.85. The second-order valence-corrected chi connectivity index (χ2v) is 8.96. The molecule has 1 fully saturated rings. The molecule has 1 amide bonds. The van der Waals surface area contributed by atoms with E-state index < -0.39 is 36.5 Å². The van der Waals surface area contributed by atoms with Crippen molar-refractivity contribution in [2.45, 2.75) is 25.3 Å². The minimum atomic E-state index is -0.833. The fraction of sp³-hybridized carbons (Fsp3) is 0.320. The van der Waals surface area contributed by atoms with Gasteiger partial charge in [-0.25, -0.2) is 4.39 Å². The Balaban J connectivity index is 1.79. The van der Waals surface area contributed by atoms with E-state index in [0.717, 1.165) is 32.4 Å². The van der Waals surface area contributed by atoms with Gasteiger partial charge in [-0.2, -0.15) is 0 Å². The molecule has 1 aliphatic heterocycles. The van der Waals surface area contributed by atoms with Crippen LogP contribution in [-0.4, -0.2) is 58.4 Å². The first-order valence-electron chi connectivity index (χ1n) is 11.6. The van der Waals surface area contributed by atoms with Crippen molar-refractivity contribution in [1.29, 1.82) is 0 Å². The van der Waals surface area contributed by atoms with Gasteiger partial charge in [-0.15, -0.1) is 0 Å². The van der Waals surface area contributed by atoms with E-state index in [1.807, 2.05) is 4.90 Å². The molecule has 9 nitrogen and oxygen atoms in total. The summed E-state index contributed by atoms with van der Waals surface area (Å²) in [5.41, 5.74) is 0.670. The first kappa shape index (κ1) is 25.6. The molecule has 190 valence electrons. The third-order valence-corrected chi connectivity index (χ3v) is 6.26. The zero-order valence-corrected chi connectivity index (χ0v) is 20.2. The molecule has 5 N–H and O–H groups in total. The molecule has 0 radical (unpaired) electrons. The zero-order chi connectivity index (χ0) is 25.7. The van der Waals surface area contributed by atoms with Crippen molar-refractivity contribution < 1.29 is 19.4 Å². The van der Waals surface area contributed by atoms with Crippen molar-refractivity contribution in [3.63, 3.8) is 0 Å². The van der Waals surface area contributed by atoms with E-state index in [2.05, 4.69) is 20.6 Å². The topological polar surface area (TPSA) is 131 Å². The third kappa shape index (κ3) is 5.67. The largest absolute Gasteiger partial charge is 0.394 e.